The highest BCUT2D eigenvalue weighted by Crippen LogP contribution is 2.57. The first-order chi connectivity index (χ1) is 10.9. The number of amides is 2. The fourth-order valence-electron chi connectivity index (χ4n) is 3.25. The van der Waals surface area contributed by atoms with Gasteiger partial charge in [-0.3, -0.25) is 4.79 Å². The fourth-order valence-corrected chi connectivity index (χ4v) is 3.25. The smallest absolute Gasteiger partial charge is 0.409 e. The molecule has 24 heavy (non-hydrogen) atoms. The molecule has 2 rings (SSSR count). The van der Waals surface area contributed by atoms with Crippen LogP contribution < -0.4 is 10.6 Å². The molecule has 3 atom stereocenters. The average Bonchev–Trinajstić information content (AvgIpc) is 2.81. The summed E-state index contributed by atoms with van der Waals surface area (Å²) in [6.45, 7) is 10.6. The third-order valence-electron chi connectivity index (χ3n) is 4.05. The van der Waals surface area contributed by atoms with E-state index in [2.05, 4.69) is 10.6 Å². The van der Waals surface area contributed by atoms with Crippen LogP contribution in [0.25, 0.3) is 0 Å². The van der Waals surface area contributed by atoms with Gasteiger partial charge in [-0.15, -0.1) is 0 Å². The molecule has 0 spiro atoms. The number of hydrogen-bond donors (Lipinski definition) is 2. The van der Waals surface area contributed by atoms with Crippen LogP contribution in [-0.2, 0) is 14.3 Å². The Morgan fingerprint density at radius 2 is 1.29 bits per heavy atom. The molecular weight excluding hydrogens is 312 g/mol. The van der Waals surface area contributed by atoms with Gasteiger partial charge in [0.25, 0.3) is 0 Å². The molecule has 0 aromatic heterocycles. The van der Waals surface area contributed by atoms with Gasteiger partial charge in [0, 0.05) is 18.8 Å². The maximum absolute atomic E-state index is 12.1. The summed E-state index contributed by atoms with van der Waals surface area (Å²) in [6, 6.07) is 0. The Kier molecular flexibility index (Phi) is 4.84. The van der Waals surface area contributed by atoms with E-state index in [0.29, 0.717) is 12.8 Å². The van der Waals surface area contributed by atoms with Crippen molar-refractivity contribution < 1.29 is 23.9 Å². The lowest BCUT2D eigenvalue weighted by Gasteiger charge is -2.27. The molecule has 0 bridgehead atoms. The third-order valence-corrected chi connectivity index (χ3v) is 4.05. The molecule has 2 saturated carbocycles. The van der Waals surface area contributed by atoms with Crippen molar-refractivity contribution in [1.29, 1.82) is 0 Å². The number of alkyl carbamates (subject to hydrolysis) is 2. The van der Waals surface area contributed by atoms with Gasteiger partial charge < -0.3 is 20.1 Å². The Labute approximate surface area is 142 Å². The van der Waals surface area contributed by atoms with Crippen molar-refractivity contribution in [2.75, 3.05) is 0 Å². The van der Waals surface area contributed by atoms with Crippen LogP contribution in [0.5, 0.6) is 0 Å². The maximum Gasteiger partial charge on any atom is 0.409 e. The van der Waals surface area contributed by atoms with Crippen LogP contribution in [-0.4, -0.2) is 35.3 Å². The number of carbonyl (C=O) groups is 3. The minimum atomic E-state index is -0.629. The van der Waals surface area contributed by atoms with Gasteiger partial charge in [-0.05, 0) is 53.4 Å². The van der Waals surface area contributed by atoms with E-state index in [1.165, 1.54) is 0 Å². The molecule has 2 aliphatic carbocycles. The van der Waals surface area contributed by atoms with Crippen LogP contribution >= 0.6 is 0 Å². The Bertz CT molecular complexity index is 488. The number of nitrogens with one attached hydrogen (secondary N) is 2. The minimum absolute atomic E-state index is 0.0442. The fraction of sp³-hybridized carbons (Fsp3) is 0.824. The van der Waals surface area contributed by atoms with Crippen molar-refractivity contribution in [2.24, 2.45) is 17.8 Å². The summed E-state index contributed by atoms with van der Waals surface area (Å²) < 4.78 is 10.5. The SMILES string of the molecule is CC(C)(C)OC(=O)NC(NC(=O)OC(C)(C)C)C1[C@H]2CC(=O)C[C@@H]12. The second-order valence-corrected chi connectivity index (χ2v) is 8.62. The predicted octanol–water partition coefficient (Wildman–Crippen LogP) is 2.59. The Hall–Kier alpha value is -1.79. The van der Waals surface area contributed by atoms with E-state index in [4.69, 9.17) is 9.47 Å². The monoisotopic (exact) mass is 340 g/mol. The van der Waals surface area contributed by atoms with Gasteiger partial charge in [0.15, 0.2) is 0 Å². The number of Topliss-reactive ketones (excluding diaryl/α,β-unsaturated/α-hetero) is 1. The Morgan fingerprint density at radius 3 is 1.62 bits per heavy atom. The first kappa shape index (κ1) is 18.5. The summed E-state index contributed by atoms with van der Waals surface area (Å²) in [5.74, 6) is 0.719. The lowest BCUT2D eigenvalue weighted by atomic mass is 10.1. The summed E-state index contributed by atoms with van der Waals surface area (Å²) in [4.78, 5) is 35.6. The largest absolute Gasteiger partial charge is 0.444 e. The van der Waals surface area contributed by atoms with Crippen molar-refractivity contribution in [2.45, 2.75) is 71.8 Å². The van der Waals surface area contributed by atoms with Gasteiger partial charge >= 0.3 is 12.2 Å². The molecule has 0 saturated heterocycles. The molecule has 0 heterocycles. The van der Waals surface area contributed by atoms with E-state index >= 15 is 0 Å². The van der Waals surface area contributed by atoms with Gasteiger partial charge in [-0.25, -0.2) is 9.59 Å². The molecule has 0 aliphatic heterocycles. The molecule has 0 aromatic carbocycles. The molecule has 7 nitrogen and oxygen atoms in total. The number of fused-ring (bicyclic) bond motifs is 1. The van der Waals surface area contributed by atoms with Gasteiger partial charge in [-0.2, -0.15) is 0 Å². The van der Waals surface area contributed by atoms with E-state index in [9.17, 15) is 14.4 Å². The van der Waals surface area contributed by atoms with Crippen LogP contribution in [0.15, 0.2) is 0 Å². The standard InChI is InChI=1S/C17H28N2O5/c1-16(2,3)23-14(21)18-13(19-15(22)24-17(4,5)6)12-10-7-9(20)8-11(10)12/h10-13H,7-8H2,1-6H3,(H,18,21)(H,19,22)/t10-,11+,12?. The highest BCUT2D eigenvalue weighted by molar-refractivity contribution is 5.83. The van der Waals surface area contributed by atoms with Crippen LogP contribution in [0.4, 0.5) is 9.59 Å². The summed E-state index contributed by atoms with van der Waals surface area (Å²) in [5.41, 5.74) is -1.26. The lowest BCUT2D eigenvalue weighted by molar-refractivity contribution is -0.118. The molecule has 0 aromatic rings. The topological polar surface area (TPSA) is 93.7 Å². The molecule has 2 aliphatic rings. The molecule has 2 amide bonds. The van der Waals surface area contributed by atoms with Gasteiger partial charge in [0.05, 0.1) is 0 Å². The van der Waals surface area contributed by atoms with Gasteiger partial charge in [0.1, 0.15) is 23.2 Å². The summed E-state index contributed by atoms with van der Waals surface area (Å²) >= 11 is 0. The quantitative estimate of drug-likeness (QED) is 0.770. The highest BCUT2D eigenvalue weighted by Gasteiger charge is 2.59. The first-order valence-electron chi connectivity index (χ1n) is 8.36. The number of ketones is 1. The predicted molar refractivity (Wildman–Crippen MR) is 87.2 cm³/mol. The Morgan fingerprint density at radius 1 is 0.917 bits per heavy atom. The molecule has 2 N–H and O–H groups in total. The van der Waals surface area contributed by atoms with E-state index < -0.39 is 29.6 Å². The van der Waals surface area contributed by atoms with Gasteiger partial charge in [0.2, 0.25) is 0 Å². The van der Waals surface area contributed by atoms with Crippen molar-refractivity contribution in [3.8, 4) is 0 Å². The summed E-state index contributed by atoms with van der Waals surface area (Å²) in [6.07, 6.45) is -0.770. The van der Waals surface area contributed by atoms with E-state index in [1.807, 2.05) is 0 Å². The van der Waals surface area contributed by atoms with Gasteiger partial charge in [-0.1, -0.05) is 0 Å². The lowest BCUT2D eigenvalue weighted by Crippen LogP contribution is -2.52. The molecule has 0 radical (unpaired) electrons. The zero-order valence-corrected chi connectivity index (χ0v) is 15.3. The van der Waals surface area contributed by atoms with Crippen molar-refractivity contribution in [3.05, 3.63) is 0 Å². The zero-order chi connectivity index (χ0) is 18.3. The molecule has 1 unspecified atom stereocenters. The number of rotatable bonds is 3. The molecule has 2 fully saturated rings. The van der Waals surface area contributed by atoms with Crippen molar-refractivity contribution in [1.82, 2.24) is 10.6 Å². The molecule has 7 heteroatoms. The van der Waals surface area contributed by atoms with E-state index in [0.717, 1.165) is 0 Å². The number of ether oxygens (including phenoxy) is 2. The highest BCUT2D eigenvalue weighted by atomic mass is 16.6. The first-order valence-corrected chi connectivity index (χ1v) is 8.36. The normalized spacial score (nSPS) is 26.0. The molecule has 136 valence electrons. The third kappa shape index (κ3) is 5.11. The summed E-state index contributed by atoms with van der Waals surface area (Å²) in [5, 5.41) is 5.42. The van der Waals surface area contributed by atoms with Crippen LogP contribution in [0.2, 0.25) is 0 Å². The zero-order valence-electron chi connectivity index (χ0n) is 15.3. The molecular formula is C17H28N2O5. The average molecular weight is 340 g/mol. The van der Waals surface area contributed by atoms with Crippen LogP contribution in [0.3, 0.4) is 0 Å². The summed E-state index contributed by atoms with van der Waals surface area (Å²) in [7, 11) is 0. The van der Waals surface area contributed by atoms with Crippen molar-refractivity contribution >= 4 is 18.0 Å². The number of carbonyl (C=O) groups excluding carboxylic acids is 3. The van der Waals surface area contributed by atoms with Crippen molar-refractivity contribution in [3.63, 3.8) is 0 Å². The van der Waals surface area contributed by atoms with E-state index in [1.54, 1.807) is 41.5 Å². The van der Waals surface area contributed by atoms with Crippen LogP contribution in [0, 0.1) is 17.8 Å². The minimum Gasteiger partial charge on any atom is -0.444 e. The Balaban J connectivity index is 1.99. The van der Waals surface area contributed by atoms with E-state index in [-0.39, 0.29) is 23.5 Å². The second-order valence-electron chi connectivity index (χ2n) is 8.62. The second kappa shape index (κ2) is 6.26. The van der Waals surface area contributed by atoms with Crippen LogP contribution in [0.1, 0.15) is 54.4 Å². The number of hydrogen-bond acceptors (Lipinski definition) is 5. The maximum atomic E-state index is 12.1.